The molecule has 3 aromatic rings. The van der Waals surface area contributed by atoms with E-state index in [1.54, 1.807) is 21.8 Å². The molecule has 0 radical (unpaired) electrons. The van der Waals surface area contributed by atoms with Crippen LogP contribution in [0.4, 0.5) is 5.82 Å². The monoisotopic (exact) mass is 479 g/mol. The van der Waals surface area contributed by atoms with Crippen molar-refractivity contribution in [3.63, 3.8) is 0 Å². The van der Waals surface area contributed by atoms with Crippen molar-refractivity contribution in [1.29, 1.82) is 0 Å². The highest BCUT2D eigenvalue weighted by Crippen LogP contribution is 2.23. The van der Waals surface area contributed by atoms with E-state index < -0.39 is 6.04 Å². The van der Waals surface area contributed by atoms with Crippen molar-refractivity contribution in [2.45, 2.75) is 32.9 Å². The molecule has 0 saturated carbocycles. The SMILES string of the molecule is CCC(C(=O)Nc1nn(Cc2ccc(C)cc2)cc1Br)n1cc(Br)cn1. The van der Waals surface area contributed by atoms with Crippen LogP contribution < -0.4 is 5.32 Å². The quantitative estimate of drug-likeness (QED) is 0.562. The van der Waals surface area contributed by atoms with Crippen LogP contribution in [0.25, 0.3) is 0 Å². The van der Waals surface area contributed by atoms with E-state index in [1.165, 1.54) is 5.56 Å². The number of nitrogens with one attached hydrogen (secondary N) is 1. The number of anilines is 1. The minimum atomic E-state index is -0.393. The van der Waals surface area contributed by atoms with Crippen LogP contribution in [-0.4, -0.2) is 25.5 Å². The number of carbonyl (C=O) groups excluding carboxylic acids is 1. The number of aromatic nitrogens is 4. The third kappa shape index (κ3) is 4.42. The molecular weight excluding hydrogens is 462 g/mol. The molecule has 26 heavy (non-hydrogen) atoms. The molecule has 1 unspecified atom stereocenters. The highest BCUT2D eigenvalue weighted by atomic mass is 79.9. The summed E-state index contributed by atoms with van der Waals surface area (Å²) >= 11 is 6.83. The van der Waals surface area contributed by atoms with E-state index in [4.69, 9.17) is 0 Å². The predicted octanol–water partition coefficient (Wildman–Crippen LogP) is 4.55. The van der Waals surface area contributed by atoms with Gasteiger partial charge in [-0.15, -0.1) is 0 Å². The summed E-state index contributed by atoms with van der Waals surface area (Å²) in [6, 6.07) is 7.91. The largest absolute Gasteiger partial charge is 0.306 e. The van der Waals surface area contributed by atoms with Crippen molar-refractivity contribution < 1.29 is 4.79 Å². The maximum atomic E-state index is 12.7. The zero-order valence-electron chi connectivity index (χ0n) is 14.5. The van der Waals surface area contributed by atoms with E-state index in [0.717, 1.165) is 14.5 Å². The number of carbonyl (C=O) groups is 1. The standard InChI is InChI=1S/C18H19Br2N5O/c1-3-16(25-10-14(19)8-21-25)18(26)22-17-15(20)11-24(23-17)9-13-6-4-12(2)5-7-13/h4-8,10-11,16H,3,9H2,1-2H3,(H,22,23,26). The Morgan fingerprint density at radius 2 is 1.96 bits per heavy atom. The van der Waals surface area contributed by atoms with E-state index in [1.807, 2.05) is 13.1 Å². The fourth-order valence-corrected chi connectivity index (χ4v) is 3.34. The topological polar surface area (TPSA) is 64.7 Å². The molecule has 1 amide bonds. The van der Waals surface area contributed by atoms with E-state index in [2.05, 4.69) is 78.6 Å². The number of rotatable bonds is 6. The number of hydrogen-bond donors (Lipinski definition) is 1. The Morgan fingerprint density at radius 1 is 1.23 bits per heavy atom. The first-order valence-electron chi connectivity index (χ1n) is 8.25. The van der Waals surface area contributed by atoms with E-state index in [0.29, 0.717) is 18.8 Å². The van der Waals surface area contributed by atoms with Gasteiger partial charge >= 0.3 is 0 Å². The van der Waals surface area contributed by atoms with Crippen molar-refractivity contribution in [3.8, 4) is 0 Å². The molecule has 0 fully saturated rings. The van der Waals surface area contributed by atoms with Gasteiger partial charge in [0.25, 0.3) is 0 Å². The van der Waals surface area contributed by atoms with E-state index in [-0.39, 0.29) is 5.91 Å². The first-order valence-corrected chi connectivity index (χ1v) is 9.84. The second-order valence-electron chi connectivity index (χ2n) is 6.06. The lowest BCUT2D eigenvalue weighted by atomic mass is 10.1. The van der Waals surface area contributed by atoms with Gasteiger partial charge in [-0.05, 0) is 50.8 Å². The summed E-state index contributed by atoms with van der Waals surface area (Å²) in [6.45, 7) is 4.65. The molecule has 1 aromatic carbocycles. The molecule has 1 atom stereocenters. The molecule has 2 heterocycles. The molecule has 0 bridgehead atoms. The minimum Gasteiger partial charge on any atom is -0.306 e. The second-order valence-corrected chi connectivity index (χ2v) is 7.83. The van der Waals surface area contributed by atoms with Crippen molar-refractivity contribution in [3.05, 3.63) is 62.9 Å². The summed E-state index contributed by atoms with van der Waals surface area (Å²) in [7, 11) is 0. The van der Waals surface area contributed by atoms with Crippen LogP contribution in [0.15, 0.2) is 51.8 Å². The highest BCUT2D eigenvalue weighted by Gasteiger charge is 2.21. The lowest BCUT2D eigenvalue weighted by Crippen LogP contribution is -2.26. The van der Waals surface area contributed by atoms with Gasteiger partial charge in [-0.1, -0.05) is 36.8 Å². The Kier molecular flexibility index (Phi) is 5.93. The summed E-state index contributed by atoms with van der Waals surface area (Å²) in [4.78, 5) is 12.7. The smallest absolute Gasteiger partial charge is 0.250 e. The fraction of sp³-hybridized carbons (Fsp3) is 0.278. The van der Waals surface area contributed by atoms with Gasteiger partial charge in [0, 0.05) is 12.4 Å². The number of aryl methyl sites for hydroxylation is 1. The maximum absolute atomic E-state index is 12.7. The van der Waals surface area contributed by atoms with Crippen LogP contribution in [0.3, 0.4) is 0 Å². The first-order chi connectivity index (χ1) is 12.5. The van der Waals surface area contributed by atoms with Gasteiger partial charge in [0.1, 0.15) is 6.04 Å². The van der Waals surface area contributed by atoms with Crippen LogP contribution in [-0.2, 0) is 11.3 Å². The molecule has 1 N–H and O–H groups in total. The van der Waals surface area contributed by atoms with Gasteiger partial charge in [-0.25, -0.2) is 0 Å². The van der Waals surface area contributed by atoms with Gasteiger partial charge in [0.05, 0.1) is 21.7 Å². The van der Waals surface area contributed by atoms with Crippen LogP contribution in [0.1, 0.15) is 30.5 Å². The molecule has 8 heteroatoms. The number of benzene rings is 1. The van der Waals surface area contributed by atoms with E-state index in [9.17, 15) is 4.79 Å². The zero-order chi connectivity index (χ0) is 18.7. The predicted molar refractivity (Wildman–Crippen MR) is 108 cm³/mol. The third-order valence-electron chi connectivity index (χ3n) is 4.00. The van der Waals surface area contributed by atoms with Crippen LogP contribution in [0, 0.1) is 6.92 Å². The zero-order valence-corrected chi connectivity index (χ0v) is 17.7. The Morgan fingerprint density at radius 3 is 2.58 bits per heavy atom. The Bertz CT molecular complexity index is 901. The number of nitrogens with zero attached hydrogens (tertiary/aromatic N) is 4. The lowest BCUT2D eigenvalue weighted by molar-refractivity contribution is -0.119. The highest BCUT2D eigenvalue weighted by molar-refractivity contribution is 9.10. The normalized spacial score (nSPS) is 12.2. The van der Waals surface area contributed by atoms with Crippen LogP contribution in [0.5, 0.6) is 0 Å². The molecule has 3 rings (SSSR count). The van der Waals surface area contributed by atoms with Gasteiger partial charge in [0.2, 0.25) is 5.91 Å². The minimum absolute atomic E-state index is 0.149. The molecule has 136 valence electrons. The number of amides is 1. The lowest BCUT2D eigenvalue weighted by Gasteiger charge is -2.14. The average Bonchev–Trinajstić information content (AvgIpc) is 3.17. The van der Waals surface area contributed by atoms with E-state index >= 15 is 0 Å². The molecule has 6 nitrogen and oxygen atoms in total. The van der Waals surface area contributed by atoms with Crippen molar-refractivity contribution >= 4 is 43.6 Å². The Labute approximate surface area is 168 Å². The summed E-state index contributed by atoms with van der Waals surface area (Å²) in [6.07, 6.45) is 5.95. The molecule has 0 aliphatic carbocycles. The second kappa shape index (κ2) is 8.18. The summed E-state index contributed by atoms with van der Waals surface area (Å²) < 4.78 is 5.04. The van der Waals surface area contributed by atoms with Gasteiger partial charge in [-0.3, -0.25) is 14.2 Å². The maximum Gasteiger partial charge on any atom is 0.250 e. The average molecular weight is 481 g/mol. The number of halogens is 2. The third-order valence-corrected chi connectivity index (χ3v) is 4.99. The molecular formula is C18H19Br2N5O. The van der Waals surface area contributed by atoms with Crippen molar-refractivity contribution in [2.75, 3.05) is 5.32 Å². The van der Waals surface area contributed by atoms with Crippen LogP contribution >= 0.6 is 31.9 Å². The van der Waals surface area contributed by atoms with Crippen molar-refractivity contribution in [1.82, 2.24) is 19.6 Å². The summed E-state index contributed by atoms with van der Waals surface area (Å²) in [5.41, 5.74) is 2.37. The number of hydrogen-bond acceptors (Lipinski definition) is 3. The van der Waals surface area contributed by atoms with Gasteiger partial charge < -0.3 is 5.32 Å². The van der Waals surface area contributed by atoms with Gasteiger partial charge in [0.15, 0.2) is 5.82 Å². The molecule has 0 spiro atoms. The molecule has 0 saturated heterocycles. The molecule has 0 aliphatic rings. The summed E-state index contributed by atoms with van der Waals surface area (Å²) in [5.74, 6) is 0.358. The first kappa shape index (κ1) is 18.8. The summed E-state index contributed by atoms with van der Waals surface area (Å²) in [5, 5.41) is 11.6. The Balaban J connectivity index is 1.72. The van der Waals surface area contributed by atoms with Crippen molar-refractivity contribution in [2.24, 2.45) is 0 Å². The fourth-order valence-electron chi connectivity index (χ4n) is 2.62. The molecule has 0 aliphatic heterocycles. The Hall–Kier alpha value is -1.93. The van der Waals surface area contributed by atoms with Gasteiger partial charge in [-0.2, -0.15) is 10.2 Å². The molecule has 2 aromatic heterocycles. The van der Waals surface area contributed by atoms with Crippen LogP contribution in [0.2, 0.25) is 0 Å².